The highest BCUT2D eigenvalue weighted by Gasteiger charge is 2.17. The normalized spacial score (nSPS) is 11.2. The lowest BCUT2D eigenvalue weighted by molar-refractivity contribution is -0.145. The van der Waals surface area contributed by atoms with E-state index in [1.807, 2.05) is 0 Å². The number of ether oxygens (including phenoxy) is 9. The third-order valence-corrected chi connectivity index (χ3v) is 8.39. The van der Waals surface area contributed by atoms with Crippen molar-refractivity contribution in [2.45, 2.75) is 110 Å². The second kappa shape index (κ2) is 40.2. The Morgan fingerprint density at radius 1 is 0.389 bits per heavy atom. The average molecular weight is 769 g/mol. The fourth-order valence-corrected chi connectivity index (χ4v) is 5.32. The Hall–Kier alpha value is -2.45. The summed E-state index contributed by atoms with van der Waals surface area (Å²) in [6.45, 7) is 8.34. The maximum absolute atomic E-state index is 11.9. The van der Waals surface area contributed by atoms with Gasteiger partial charge < -0.3 is 42.6 Å². The predicted octanol–water partition coefficient (Wildman–Crippen LogP) is 7.33. The molecule has 54 heavy (non-hydrogen) atoms. The topological polar surface area (TPSA) is 134 Å². The van der Waals surface area contributed by atoms with Crippen LogP contribution in [0, 0.1) is 0 Å². The summed E-state index contributed by atoms with van der Waals surface area (Å²) in [6.07, 6.45) is 20.1. The van der Waals surface area contributed by atoms with Crippen molar-refractivity contribution in [3.05, 3.63) is 35.9 Å². The SMILES string of the molecule is CCCCCCCCCCCCCCCCCC(=O)OCCOCCOCCOCCOCCOCCOCCOCCOC(=O)C(=O)c1ccccc1. The molecule has 0 radical (unpaired) electrons. The lowest BCUT2D eigenvalue weighted by atomic mass is 10.0. The third kappa shape index (κ3) is 34.1. The zero-order valence-corrected chi connectivity index (χ0v) is 33.4. The molecule has 0 bridgehead atoms. The molecule has 0 heterocycles. The van der Waals surface area contributed by atoms with E-state index in [0.29, 0.717) is 97.9 Å². The summed E-state index contributed by atoms with van der Waals surface area (Å²) in [5, 5.41) is 0. The van der Waals surface area contributed by atoms with Crippen molar-refractivity contribution >= 4 is 17.7 Å². The molecule has 1 rings (SSSR count). The average Bonchev–Trinajstić information content (AvgIpc) is 3.19. The van der Waals surface area contributed by atoms with E-state index in [9.17, 15) is 14.4 Å². The summed E-state index contributed by atoms with van der Waals surface area (Å²) in [5.41, 5.74) is 0.296. The van der Waals surface area contributed by atoms with Gasteiger partial charge in [-0.05, 0) is 6.42 Å². The van der Waals surface area contributed by atoms with E-state index in [-0.39, 0.29) is 25.8 Å². The van der Waals surface area contributed by atoms with Crippen LogP contribution in [0.4, 0.5) is 0 Å². The minimum absolute atomic E-state index is 0.00346. The summed E-state index contributed by atoms with van der Waals surface area (Å²) in [5.74, 6) is -1.71. The van der Waals surface area contributed by atoms with Gasteiger partial charge >= 0.3 is 11.9 Å². The first-order valence-corrected chi connectivity index (χ1v) is 20.6. The highest BCUT2D eigenvalue weighted by molar-refractivity contribution is 6.40. The van der Waals surface area contributed by atoms with Crippen molar-refractivity contribution in [2.24, 2.45) is 0 Å². The van der Waals surface area contributed by atoms with E-state index in [2.05, 4.69) is 6.92 Å². The van der Waals surface area contributed by atoms with Crippen molar-refractivity contribution in [3.8, 4) is 0 Å². The summed E-state index contributed by atoms with van der Waals surface area (Å²) in [6, 6.07) is 8.27. The second-order valence-corrected chi connectivity index (χ2v) is 13.0. The zero-order valence-electron chi connectivity index (χ0n) is 33.4. The van der Waals surface area contributed by atoms with E-state index >= 15 is 0 Å². The van der Waals surface area contributed by atoms with Crippen LogP contribution >= 0.6 is 0 Å². The highest BCUT2D eigenvalue weighted by atomic mass is 16.6. The standard InChI is InChI=1S/C42H72O12/c1-2-3-4-5-6-7-8-9-10-11-12-13-14-15-19-22-40(43)53-37-35-51-33-31-49-29-27-47-25-23-46-24-26-48-28-30-50-32-34-52-36-38-54-42(45)41(44)39-20-17-16-18-21-39/h16-18,20-21H,2-15,19,22-38H2,1H3. The molecule has 1 aromatic rings. The number of carbonyl (C=O) groups is 3. The maximum Gasteiger partial charge on any atom is 0.379 e. The first kappa shape index (κ1) is 49.6. The number of ketones is 1. The number of esters is 2. The number of hydrogen-bond acceptors (Lipinski definition) is 12. The smallest absolute Gasteiger partial charge is 0.379 e. The van der Waals surface area contributed by atoms with Crippen LogP contribution in [0.15, 0.2) is 30.3 Å². The number of benzene rings is 1. The van der Waals surface area contributed by atoms with Gasteiger partial charge in [0.25, 0.3) is 5.78 Å². The third-order valence-electron chi connectivity index (χ3n) is 8.39. The van der Waals surface area contributed by atoms with E-state index in [1.54, 1.807) is 30.3 Å². The Kier molecular flexibility index (Phi) is 36.9. The number of unbranched alkanes of at least 4 members (excludes halogenated alkanes) is 14. The molecule has 1 aromatic carbocycles. The van der Waals surface area contributed by atoms with Gasteiger partial charge in [0.15, 0.2) is 0 Å². The number of Topliss-reactive ketones (excluding diaryl/α,β-unsaturated/α-hetero) is 1. The van der Waals surface area contributed by atoms with Crippen LogP contribution in [0.3, 0.4) is 0 Å². The molecule has 0 aliphatic rings. The minimum atomic E-state index is -0.897. The molecule has 0 fully saturated rings. The molecule has 0 aliphatic carbocycles. The molecule has 312 valence electrons. The lowest BCUT2D eigenvalue weighted by Gasteiger charge is -2.09. The molecule has 0 unspecified atom stereocenters. The van der Waals surface area contributed by atoms with Crippen LogP contribution in [0.25, 0.3) is 0 Å². The van der Waals surface area contributed by atoms with Crippen molar-refractivity contribution in [3.63, 3.8) is 0 Å². The molecule has 0 saturated heterocycles. The number of carbonyl (C=O) groups excluding carboxylic acids is 3. The Balaban J connectivity index is 1.68. The van der Waals surface area contributed by atoms with Crippen molar-refractivity contribution in [2.75, 3.05) is 106 Å². The predicted molar refractivity (Wildman–Crippen MR) is 208 cm³/mol. The van der Waals surface area contributed by atoms with Crippen LogP contribution in [-0.2, 0) is 52.2 Å². The molecule has 0 aliphatic heterocycles. The Morgan fingerprint density at radius 3 is 1.07 bits per heavy atom. The first-order chi connectivity index (χ1) is 26.6. The lowest BCUT2D eigenvalue weighted by Crippen LogP contribution is -2.20. The highest BCUT2D eigenvalue weighted by Crippen LogP contribution is 2.14. The summed E-state index contributed by atoms with van der Waals surface area (Å²) in [4.78, 5) is 35.5. The molecule has 12 heteroatoms. The quantitative estimate of drug-likeness (QED) is 0.0285. The van der Waals surface area contributed by atoms with Gasteiger partial charge in [0.1, 0.15) is 13.2 Å². The fraction of sp³-hybridized carbons (Fsp3) is 0.786. The van der Waals surface area contributed by atoms with Gasteiger partial charge in [0, 0.05) is 12.0 Å². The van der Waals surface area contributed by atoms with Gasteiger partial charge in [-0.2, -0.15) is 0 Å². The summed E-state index contributed by atoms with van der Waals surface area (Å²) >= 11 is 0. The van der Waals surface area contributed by atoms with Crippen LogP contribution in [0.2, 0.25) is 0 Å². The van der Waals surface area contributed by atoms with Gasteiger partial charge in [0.05, 0.1) is 92.5 Å². The zero-order chi connectivity index (χ0) is 38.8. The van der Waals surface area contributed by atoms with E-state index in [1.165, 1.54) is 83.5 Å². The molecule has 0 N–H and O–H groups in total. The molecular weight excluding hydrogens is 696 g/mol. The largest absolute Gasteiger partial charge is 0.463 e. The maximum atomic E-state index is 11.9. The Bertz CT molecular complexity index is 977. The molecular formula is C42H72O12. The first-order valence-electron chi connectivity index (χ1n) is 20.6. The molecule has 0 saturated carbocycles. The van der Waals surface area contributed by atoms with Crippen molar-refractivity contribution in [1.82, 2.24) is 0 Å². The van der Waals surface area contributed by atoms with Gasteiger partial charge in [-0.15, -0.1) is 0 Å². The van der Waals surface area contributed by atoms with Crippen LogP contribution in [0.1, 0.15) is 120 Å². The molecule has 0 spiro atoms. The monoisotopic (exact) mass is 769 g/mol. The molecule has 12 nitrogen and oxygen atoms in total. The minimum Gasteiger partial charge on any atom is -0.463 e. The number of hydrogen-bond donors (Lipinski definition) is 0. The van der Waals surface area contributed by atoms with Gasteiger partial charge in [-0.3, -0.25) is 9.59 Å². The Labute approximate surface area is 325 Å². The van der Waals surface area contributed by atoms with Crippen LogP contribution < -0.4 is 0 Å². The van der Waals surface area contributed by atoms with Gasteiger partial charge in [0.2, 0.25) is 0 Å². The van der Waals surface area contributed by atoms with E-state index in [4.69, 9.17) is 42.6 Å². The Morgan fingerprint density at radius 2 is 0.704 bits per heavy atom. The molecule has 0 amide bonds. The second-order valence-electron chi connectivity index (χ2n) is 13.0. The summed E-state index contributed by atoms with van der Waals surface area (Å²) in [7, 11) is 0. The van der Waals surface area contributed by atoms with E-state index in [0.717, 1.165) is 12.8 Å². The molecule has 0 atom stereocenters. The van der Waals surface area contributed by atoms with E-state index < -0.39 is 11.8 Å². The number of rotatable bonds is 42. The van der Waals surface area contributed by atoms with Crippen molar-refractivity contribution < 1.29 is 57.0 Å². The molecule has 0 aromatic heterocycles. The van der Waals surface area contributed by atoms with Crippen molar-refractivity contribution in [1.29, 1.82) is 0 Å². The fourth-order valence-electron chi connectivity index (χ4n) is 5.32. The summed E-state index contributed by atoms with van der Waals surface area (Å²) < 4.78 is 48.3. The van der Waals surface area contributed by atoms with Gasteiger partial charge in [-0.25, -0.2) is 4.79 Å². The van der Waals surface area contributed by atoms with Crippen LogP contribution in [-0.4, -0.2) is 123 Å². The van der Waals surface area contributed by atoms with Gasteiger partial charge in [-0.1, -0.05) is 127 Å². The van der Waals surface area contributed by atoms with Crippen LogP contribution in [0.5, 0.6) is 0 Å².